The number of benzene rings is 2. The Hall–Kier alpha value is -3.02. The minimum Gasteiger partial charge on any atom is -0.494 e. The van der Waals surface area contributed by atoms with Crippen molar-refractivity contribution >= 4 is 17.5 Å². The van der Waals surface area contributed by atoms with Gasteiger partial charge in [-0.1, -0.05) is 29.8 Å². The van der Waals surface area contributed by atoms with Crippen LogP contribution in [0.2, 0.25) is 0 Å². The molecule has 1 fully saturated rings. The number of hydrogen-bond donors (Lipinski definition) is 1. The number of carbonyl (C=O) groups excluding carboxylic acids is 2. The van der Waals surface area contributed by atoms with Gasteiger partial charge in [0.05, 0.1) is 19.7 Å². The summed E-state index contributed by atoms with van der Waals surface area (Å²) in [6.45, 7) is 6.94. The molecule has 3 rings (SSSR count). The van der Waals surface area contributed by atoms with Crippen molar-refractivity contribution in [2.24, 2.45) is 0 Å². The van der Waals surface area contributed by atoms with E-state index in [1.807, 2.05) is 72.2 Å². The van der Waals surface area contributed by atoms with Gasteiger partial charge in [0.25, 0.3) is 0 Å². The Morgan fingerprint density at radius 2 is 1.77 bits per heavy atom. The van der Waals surface area contributed by atoms with E-state index >= 15 is 0 Å². The number of nitrogens with zero attached hydrogens (tertiary/aromatic N) is 2. The van der Waals surface area contributed by atoms with Gasteiger partial charge in [-0.05, 0) is 62.9 Å². The minimum absolute atomic E-state index is 0.0810. The molecule has 0 atom stereocenters. The van der Waals surface area contributed by atoms with E-state index in [0.717, 1.165) is 48.5 Å². The van der Waals surface area contributed by atoms with Crippen LogP contribution in [-0.2, 0) is 16.1 Å². The quantitative estimate of drug-likeness (QED) is 0.670. The van der Waals surface area contributed by atoms with E-state index in [-0.39, 0.29) is 24.9 Å². The van der Waals surface area contributed by atoms with Gasteiger partial charge in [0.1, 0.15) is 5.75 Å². The van der Waals surface area contributed by atoms with E-state index in [0.29, 0.717) is 13.2 Å². The number of nitrogens with one attached hydrogen (secondary N) is 1. The van der Waals surface area contributed by atoms with E-state index in [9.17, 15) is 9.59 Å². The Bertz CT molecular complexity index is 861. The molecule has 1 saturated heterocycles. The first-order valence-corrected chi connectivity index (χ1v) is 11.1. The first-order chi connectivity index (χ1) is 15.0. The van der Waals surface area contributed by atoms with Crippen LogP contribution >= 0.6 is 0 Å². The Balaban J connectivity index is 1.62. The summed E-state index contributed by atoms with van der Waals surface area (Å²) in [6.07, 6.45) is 3.29. The molecule has 2 aromatic rings. The number of rotatable bonds is 9. The van der Waals surface area contributed by atoms with E-state index in [1.165, 1.54) is 6.42 Å². The normalized spacial score (nSPS) is 13.5. The molecule has 0 bridgehead atoms. The molecule has 1 aliphatic heterocycles. The largest absolute Gasteiger partial charge is 0.494 e. The number of hydrogen-bond acceptors (Lipinski definition) is 4. The summed E-state index contributed by atoms with van der Waals surface area (Å²) in [7, 11) is 0. The highest BCUT2D eigenvalue weighted by molar-refractivity contribution is 5.86. The highest BCUT2D eigenvalue weighted by Gasteiger charge is 2.21. The highest BCUT2D eigenvalue weighted by Crippen LogP contribution is 2.17. The number of piperidine rings is 1. The maximum absolute atomic E-state index is 12.8. The Morgan fingerprint density at radius 3 is 2.48 bits per heavy atom. The number of likely N-dealkylation sites (tertiary alicyclic amines) is 1. The van der Waals surface area contributed by atoms with Gasteiger partial charge in [-0.25, -0.2) is 0 Å². The molecule has 1 N–H and O–H groups in total. The Kier molecular flexibility index (Phi) is 8.33. The van der Waals surface area contributed by atoms with Crippen molar-refractivity contribution in [2.45, 2.75) is 39.7 Å². The molecule has 0 saturated carbocycles. The molecule has 6 heteroatoms. The van der Waals surface area contributed by atoms with Crippen LogP contribution in [-0.4, -0.2) is 49.5 Å². The second kappa shape index (κ2) is 11.4. The number of ether oxygens (including phenoxy) is 1. The zero-order valence-electron chi connectivity index (χ0n) is 18.6. The summed E-state index contributed by atoms with van der Waals surface area (Å²) in [6, 6.07) is 15.7. The Labute approximate surface area is 185 Å². The SMILES string of the molecule is CCOc1cccc(CNC(=O)CN(CC(=O)N2CCCCC2)c2ccc(C)cc2)c1. The number of anilines is 1. The van der Waals surface area contributed by atoms with Crippen molar-refractivity contribution in [1.29, 1.82) is 0 Å². The van der Waals surface area contributed by atoms with Crippen LogP contribution in [0.5, 0.6) is 5.75 Å². The smallest absolute Gasteiger partial charge is 0.242 e. The van der Waals surface area contributed by atoms with Crippen molar-refractivity contribution in [2.75, 3.05) is 37.7 Å². The predicted molar refractivity (Wildman–Crippen MR) is 123 cm³/mol. The van der Waals surface area contributed by atoms with E-state index in [2.05, 4.69) is 5.32 Å². The molecular weight excluding hydrogens is 390 g/mol. The van der Waals surface area contributed by atoms with Crippen molar-refractivity contribution in [1.82, 2.24) is 10.2 Å². The lowest BCUT2D eigenvalue weighted by atomic mass is 10.1. The molecule has 166 valence electrons. The van der Waals surface area contributed by atoms with Crippen molar-refractivity contribution in [3.63, 3.8) is 0 Å². The van der Waals surface area contributed by atoms with Crippen LogP contribution in [0.15, 0.2) is 48.5 Å². The van der Waals surface area contributed by atoms with Crippen LogP contribution in [0.25, 0.3) is 0 Å². The highest BCUT2D eigenvalue weighted by atomic mass is 16.5. The first-order valence-electron chi connectivity index (χ1n) is 11.1. The fourth-order valence-electron chi connectivity index (χ4n) is 3.74. The molecule has 2 amide bonds. The minimum atomic E-state index is -0.117. The topological polar surface area (TPSA) is 61.9 Å². The molecule has 0 aromatic heterocycles. The van der Waals surface area contributed by atoms with Crippen LogP contribution in [0.3, 0.4) is 0 Å². The predicted octanol–water partition coefficient (Wildman–Crippen LogP) is 3.53. The molecule has 0 radical (unpaired) electrons. The Morgan fingerprint density at radius 1 is 1.03 bits per heavy atom. The second-order valence-corrected chi connectivity index (χ2v) is 7.99. The van der Waals surface area contributed by atoms with Crippen LogP contribution in [0, 0.1) is 6.92 Å². The number of carbonyl (C=O) groups is 2. The van der Waals surface area contributed by atoms with Gasteiger partial charge >= 0.3 is 0 Å². The van der Waals surface area contributed by atoms with Crippen LogP contribution < -0.4 is 15.0 Å². The van der Waals surface area contributed by atoms with Gasteiger partial charge in [-0.15, -0.1) is 0 Å². The van der Waals surface area contributed by atoms with Crippen molar-refractivity contribution in [3.8, 4) is 5.75 Å². The summed E-state index contributed by atoms with van der Waals surface area (Å²) in [5.41, 5.74) is 3.00. The summed E-state index contributed by atoms with van der Waals surface area (Å²) in [5.74, 6) is 0.758. The summed E-state index contributed by atoms with van der Waals surface area (Å²) in [4.78, 5) is 29.4. The molecule has 2 aromatic carbocycles. The average Bonchev–Trinajstić information content (AvgIpc) is 2.79. The molecule has 1 aliphatic rings. The lowest BCUT2D eigenvalue weighted by Gasteiger charge is -2.30. The summed E-state index contributed by atoms with van der Waals surface area (Å²) < 4.78 is 5.52. The zero-order chi connectivity index (χ0) is 22.1. The third-order valence-corrected chi connectivity index (χ3v) is 5.47. The maximum atomic E-state index is 12.8. The molecular formula is C25H33N3O3. The third kappa shape index (κ3) is 7.02. The summed E-state index contributed by atoms with van der Waals surface area (Å²) in [5, 5.41) is 2.97. The van der Waals surface area contributed by atoms with Crippen LogP contribution in [0.4, 0.5) is 5.69 Å². The van der Waals surface area contributed by atoms with Crippen molar-refractivity contribution < 1.29 is 14.3 Å². The molecule has 1 heterocycles. The molecule has 0 aliphatic carbocycles. The monoisotopic (exact) mass is 423 g/mol. The first kappa shape index (κ1) is 22.7. The summed E-state index contributed by atoms with van der Waals surface area (Å²) >= 11 is 0. The zero-order valence-corrected chi connectivity index (χ0v) is 18.6. The van der Waals surface area contributed by atoms with Gasteiger partial charge in [0.2, 0.25) is 11.8 Å². The average molecular weight is 424 g/mol. The molecule has 31 heavy (non-hydrogen) atoms. The van der Waals surface area contributed by atoms with Gasteiger partial charge < -0.3 is 19.9 Å². The fourth-order valence-corrected chi connectivity index (χ4v) is 3.74. The van der Waals surface area contributed by atoms with E-state index < -0.39 is 0 Å². The standard InChI is InChI=1S/C25H33N3O3/c1-3-31-23-9-7-8-21(16-23)17-26-24(29)18-28(22-12-10-20(2)11-13-22)19-25(30)27-14-5-4-6-15-27/h7-13,16H,3-6,14-15,17-19H2,1-2H3,(H,26,29). The lowest BCUT2D eigenvalue weighted by molar-refractivity contribution is -0.130. The third-order valence-electron chi connectivity index (χ3n) is 5.47. The van der Waals surface area contributed by atoms with Crippen molar-refractivity contribution in [3.05, 3.63) is 59.7 Å². The van der Waals surface area contributed by atoms with Gasteiger partial charge in [0, 0.05) is 25.3 Å². The number of aryl methyl sites for hydroxylation is 1. The van der Waals surface area contributed by atoms with Crippen LogP contribution in [0.1, 0.15) is 37.3 Å². The van der Waals surface area contributed by atoms with E-state index in [4.69, 9.17) is 4.74 Å². The molecule has 0 unspecified atom stereocenters. The van der Waals surface area contributed by atoms with Gasteiger partial charge in [-0.2, -0.15) is 0 Å². The molecule has 0 spiro atoms. The van der Waals surface area contributed by atoms with E-state index in [1.54, 1.807) is 0 Å². The lowest BCUT2D eigenvalue weighted by Crippen LogP contribution is -2.45. The number of amides is 2. The molecule has 6 nitrogen and oxygen atoms in total. The van der Waals surface area contributed by atoms with Gasteiger partial charge in [0.15, 0.2) is 0 Å². The fraction of sp³-hybridized carbons (Fsp3) is 0.440. The maximum Gasteiger partial charge on any atom is 0.242 e. The second-order valence-electron chi connectivity index (χ2n) is 7.99. The van der Waals surface area contributed by atoms with Gasteiger partial charge in [-0.3, -0.25) is 9.59 Å².